The fourth-order valence-corrected chi connectivity index (χ4v) is 4.10. The monoisotopic (exact) mass is 403 g/mol. The number of ether oxygens (including phenoxy) is 2. The summed E-state index contributed by atoms with van der Waals surface area (Å²) in [5.41, 5.74) is 3.28. The minimum atomic E-state index is -1.23. The molecule has 1 aromatic carbocycles. The topological polar surface area (TPSA) is 88.9 Å². The summed E-state index contributed by atoms with van der Waals surface area (Å²) in [6.07, 6.45) is 0.451. The normalized spacial score (nSPS) is 20.5. The van der Waals surface area contributed by atoms with Crippen LogP contribution in [0.1, 0.15) is 45.2 Å². The van der Waals surface area contributed by atoms with Gasteiger partial charge in [0, 0.05) is 23.1 Å². The lowest BCUT2D eigenvalue weighted by Gasteiger charge is -2.30. The average Bonchev–Trinajstić information content (AvgIpc) is 3.06. The zero-order chi connectivity index (χ0) is 20.8. The zero-order valence-corrected chi connectivity index (χ0v) is 17.5. The summed E-state index contributed by atoms with van der Waals surface area (Å²) in [4.78, 5) is 16.8. The lowest BCUT2D eigenvalue weighted by molar-refractivity contribution is -0.143. The van der Waals surface area contributed by atoms with E-state index in [9.17, 15) is 15.0 Å². The van der Waals surface area contributed by atoms with Gasteiger partial charge in [-0.15, -0.1) is 11.3 Å². The van der Waals surface area contributed by atoms with Gasteiger partial charge < -0.3 is 19.7 Å². The Labute approximate surface area is 168 Å². The van der Waals surface area contributed by atoms with Gasteiger partial charge in [0.1, 0.15) is 12.2 Å². The van der Waals surface area contributed by atoms with Gasteiger partial charge in [-0.05, 0) is 40.2 Å². The van der Waals surface area contributed by atoms with Crippen LogP contribution in [0, 0.1) is 6.92 Å². The standard InChI is InChI=1S/C21H25NO5S/c1-7-10(2)20(24)26-13-8-14(21(5,6)25)27-18-15(11(13)3)19-16(22-9-28-19)12(4)17(18)23/h7,9,13-14,23,25H,3,8H2,1-2,4-6H3/t13-,14+/m1/s1. The van der Waals surface area contributed by atoms with E-state index in [0.717, 1.165) is 4.70 Å². The molecule has 0 fully saturated rings. The predicted octanol–water partition coefficient (Wildman–Crippen LogP) is 4.12. The Kier molecular flexibility index (Phi) is 5.25. The maximum absolute atomic E-state index is 12.4. The van der Waals surface area contributed by atoms with E-state index in [1.165, 1.54) is 11.3 Å². The van der Waals surface area contributed by atoms with Crippen LogP contribution < -0.4 is 4.74 Å². The minimum Gasteiger partial charge on any atom is -0.504 e. The molecule has 0 spiro atoms. The minimum absolute atomic E-state index is 0.0413. The molecule has 2 aromatic rings. The number of rotatable bonds is 3. The van der Waals surface area contributed by atoms with Gasteiger partial charge in [0.25, 0.3) is 0 Å². The van der Waals surface area contributed by atoms with Crippen LogP contribution in [0.4, 0.5) is 0 Å². The van der Waals surface area contributed by atoms with Gasteiger partial charge in [0.15, 0.2) is 11.5 Å². The molecular formula is C21H25NO5S. The number of aryl methyl sites for hydroxylation is 1. The SMILES string of the molecule is C=C1c2c(c(O)c(C)c3ncsc23)O[C@H](C(C)(C)O)C[C@H]1OC(=O)C(C)=CC. The van der Waals surface area contributed by atoms with E-state index in [-0.39, 0.29) is 17.9 Å². The Morgan fingerprint density at radius 3 is 2.79 bits per heavy atom. The van der Waals surface area contributed by atoms with Gasteiger partial charge in [-0.3, -0.25) is 0 Å². The van der Waals surface area contributed by atoms with Crippen molar-refractivity contribution in [2.75, 3.05) is 0 Å². The highest BCUT2D eigenvalue weighted by molar-refractivity contribution is 7.17. The van der Waals surface area contributed by atoms with E-state index >= 15 is 0 Å². The third-order valence-corrected chi connectivity index (χ3v) is 5.98. The van der Waals surface area contributed by atoms with E-state index in [4.69, 9.17) is 9.47 Å². The first-order chi connectivity index (χ1) is 13.1. The fraction of sp³-hybridized carbons (Fsp3) is 0.429. The molecule has 0 saturated heterocycles. The summed E-state index contributed by atoms with van der Waals surface area (Å²) >= 11 is 1.40. The quantitative estimate of drug-likeness (QED) is 0.592. The highest BCUT2D eigenvalue weighted by atomic mass is 32.1. The second kappa shape index (κ2) is 7.22. The number of esters is 1. The molecule has 0 radical (unpaired) electrons. The number of aromatic nitrogens is 1. The first-order valence-electron chi connectivity index (χ1n) is 9.07. The van der Waals surface area contributed by atoms with Gasteiger partial charge >= 0.3 is 5.97 Å². The summed E-state index contributed by atoms with van der Waals surface area (Å²) < 4.78 is 12.6. The van der Waals surface area contributed by atoms with Crippen molar-refractivity contribution in [1.29, 1.82) is 0 Å². The highest BCUT2D eigenvalue weighted by Crippen LogP contribution is 2.49. The maximum atomic E-state index is 12.4. The van der Waals surface area contributed by atoms with Crippen LogP contribution in [0.15, 0.2) is 23.7 Å². The Bertz CT molecular complexity index is 983. The number of nitrogens with zero attached hydrogens (tertiary/aromatic N) is 1. The van der Waals surface area contributed by atoms with E-state index in [0.29, 0.717) is 27.8 Å². The number of hydrogen-bond acceptors (Lipinski definition) is 7. The number of carbonyl (C=O) groups excluding carboxylic acids is 1. The van der Waals surface area contributed by atoms with Gasteiger partial charge in [-0.1, -0.05) is 12.7 Å². The lowest BCUT2D eigenvalue weighted by Crippen LogP contribution is -2.42. The fourth-order valence-electron chi connectivity index (χ4n) is 3.18. The van der Waals surface area contributed by atoms with Crippen LogP contribution in [0.3, 0.4) is 0 Å². The van der Waals surface area contributed by atoms with Gasteiger partial charge in [0.2, 0.25) is 0 Å². The van der Waals surface area contributed by atoms with Crippen molar-refractivity contribution in [1.82, 2.24) is 4.98 Å². The van der Waals surface area contributed by atoms with E-state index in [1.807, 2.05) is 0 Å². The summed E-state index contributed by atoms with van der Waals surface area (Å²) in [5, 5.41) is 21.4. The molecule has 6 nitrogen and oxygen atoms in total. The molecule has 0 amide bonds. The van der Waals surface area contributed by atoms with E-state index in [1.54, 1.807) is 46.2 Å². The number of aromatic hydroxyl groups is 1. The van der Waals surface area contributed by atoms with E-state index < -0.39 is 23.8 Å². The van der Waals surface area contributed by atoms with Crippen LogP contribution in [0.5, 0.6) is 11.5 Å². The van der Waals surface area contributed by atoms with Crippen molar-refractivity contribution in [3.63, 3.8) is 0 Å². The number of benzene rings is 1. The van der Waals surface area contributed by atoms with Gasteiger partial charge in [-0.2, -0.15) is 0 Å². The molecule has 0 unspecified atom stereocenters. The van der Waals surface area contributed by atoms with Gasteiger partial charge in [-0.25, -0.2) is 9.78 Å². The second-order valence-electron chi connectivity index (χ2n) is 7.59. The Balaban J connectivity index is 2.20. The molecule has 2 heterocycles. The molecule has 0 bridgehead atoms. The van der Waals surface area contributed by atoms with Crippen LogP contribution >= 0.6 is 11.3 Å². The molecule has 0 saturated carbocycles. The Hall–Kier alpha value is -2.38. The molecule has 1 aliphatic rings. The van der Waals surface area contributed by atoms with Crippen LogP contribution in [-0.4, -0.2) is 39.0 Å². The number of aliphatic hydroxyl groups is 1. The molecule has 1 aromatic heterocycles. The van der Waals surface area contributed by atoms with Gasteiger partial charge in [0.05, 0.1) is 21.3 Å². The number of fused-ring (bicyclic) bond motifs is 3. The molecule has 28 heavy (non-hydrogen) atoms. The number of carbonyl (C=O) groups is 1. The first kappa shape index (κ1) is 20.4. The molecular weight excluding hydrogens is 378 g/mol. The highest BCUT2D eigenvalue weighted by Gasteiger charge is 2.40. The Morgan fingerprint density at radius 1 is 1.50 bits per heavy atom. The van der Waals surface area contributed by atoms with E-state index in [2.05, 4.69) is 11.6 Å². The predicted molar refractivity (Wildman–Crippen MR) is 110 cm³/mol. The molecule has 150 valence electrons. The molecule has 2 atom stereocenters. The smallest absolute Gasteiger partial charge is 0.333 e. The lowest BCUT2D eigenvalue weighted by atomic mass is 9.92. The van der Waals surface area contributed by atoms with Crippen molar-refractivity contribution < 1.29 is 24.5 Å². The number of phenolic OH excluding ortho intramolecular Hbond substituents is 1. The number of thiazole rings is 1. The number of hydrogen-bond donors (Lipinski definition) is 2. The second-order valence-corrected chi connectivity index (χ2v) is 8.45. The van der Waals surface area contributed by atoms with Crippen molar-refractivity contribution in [3.05, 3.63) is 34.9 Å². The number of phenols is 1. The van der Waals surface area contributed by atoms with Crippen LogP contribution in [-0.2, 0) is 9.53 Å². The molecule has 1 aliphatic heterocycles. The average molecular weight is 404 g/mol. The third-order valence-electron chi connectivity index (χ3n) is 5.14. The molecule has 7 heteroatoms. The van der Waals surface area contributed by atoms with Crippen LogP contribution in [0.2, 0.25) is 0 Å². The molecule has 2 N–H and O–H groups in total. The summed E-state index contributed by atoms with van der Waals surface area (Å²) in [7, 11) is 0. The summed E-state index contributed by atoms with van der Waals surface area (Å²) in [6, 6.07) is 0. The summed E-state index contributed by atoms with van der Waals surface area (Å²) in [5.74, 6) is -0.253. The maximum Gasteiger partial charge on any atom is 0.333 e. The number of allylic oxidation sites excluding steroid dienone is 1. The van der Waals surface area contributed by atoms with Crippen LogP contribution in [0.25, 0.3) is 15.8 Å². The van der Waals surface area contributed by atoms with Crippen molar-refractivity contribution in [2.24, 2.45) is 0 Å². The zero-order valence-electron chi connectivity index (χ0n) is 16.7. The van der Waals surface area contributed by atoms with Crippen molar-refractivity contribution in [2.45, 2.75) is 58.8 Å². The largest absolute Gasteiger partial charge is 0.504 e. The summed E-state index contributed by atoms with van der Waals surface area (Å²) in [6.45, 7) is 12.6. The Morgan fingerprint density at radius 2 is 2.18 bits per heavy atom. The van der Waals surface area contributed by atoms with Crippen molar-refractivity contribution >= 4 is 33.1 Å². The molecule has 0 aliphatic carbocycles. The third kappa shape index (κ3) is 3.40. The first-order valence-corrected chi connectivity index (χ1v) is 9.95. The van der Waals surface area contributed by atoms with Crippen molar-refractivity contribution in [3.8, 4) is 11.5 Å². The molecule has 3 rings (SSSR count).